The van der Waals surface area contributed by atoms with Gasteiger partial charge in [0.1, 0.15) is 0 Å². The fraction of sp³-hybridized carbons (Fsp3) is 0.708. The van der Waals surface area contributed by atoms with Crippen molar-refractivity contribution in [3.63, 3.8) is 0 Å². The molecule has 0 heterocycles. The molecule has 0 aliphatic heterocycles. The maximum atomic E-state index is 12.0. The Hall–Kier alpha value is -1.39. The number of rotatable bonds is 18. The van der Waals surface area contributed by atoms with Gasteiger partial charge in [-0.25, -0.2) is 0 Å². The molecule has 4 nitrogen and oxygen atoms in total. The Morgan fingerprint density at radius 3 is 2.07 bits per heavy atom. The first-order valence-electron chi connectivity index (χ1n) is 11.2. The highest BCUT2D eigenvalue weighted by Crippen LogP contribution is 2.08. The van der Waals surface area contributed by atoms with Crippen LogP contribution in [0.3, 0.4) is 0 Å². The largest absolute Gasteiger partial charge is 0.394 e. The summed E-state index contributed by atoms with van der Waals surface area (Å²) in [5.41, 5.74) is 0. The monoisotopic (exact) mass is 393 g/mol. The van der Waals surface area contributed by atoms with Crippen molar-refractivity contribution in [2.75, 3.05) is 6.61 Å². The second kappa shape index (κ2) is 20.3. The van der Waals surface area contributed by atoms with Crippen LogP contribution < -0.4 is 5.32 Å². The van der Waals surface area contributed by atoms with Crippen molar-refractivity contribution < 1.29 is 15.0 Å². The Kier molecular flexibility index (Phi) is 19.3. The third-order valence-corrected chi connectivity index (χ3v) is 4.70. The number of carbonyl (C=O) groups excluding carboxylic acids is 1. The summed E-state index contributed by atoms with van der Waals surface area (Å²) >= 11 is 0. The normalized spacial score (nSPS) is 14.3. The van der Waals surface area contributed by atoms with E-state index in [2.05, 4.69) is 36.5 Å². The smallest absolute Gasteiger partial charge is 0.220 e. The molecule has 0 fully saturated rings. The SMILES string of the molecule is C/C=C/CC/C=C/CC/C=C/C(O)C(CO)NC(=O)CCCCCCCCC. The van der Waals surface area contributed by atoms with E-state index in [1.807, 2.05) is 13.0 Å². The van der Waals surface area contributed by atoms with Crippen LogP contribution in [-0.4, -0.2) is 34.9 Å². The zero-order valence-corrected chi connectivity index (χ0v) is 18.1. The molecule has 0 aromatic carbocycles. The summed E-state index contributed by atoms with van der Waals surface area (Å²) in [4.78, 5) is 12.0. The standard InChI is InChI=1S/C24H43NO3/c1-3-5-7-9-11-12-14-15-17-19-23(27)22(21-26)25-24(28)20-18-16-13-10-8-6-4-2/h3,5,11-12,17,19,22-23,26-27H,4,6-10,13-16,18,20-21H2,1-2H3,(H,25,28)/b5-3+,12-11+,19-17+. The summed E-state index contributed by atoms with van der Waals surface area (Å²) in [6, 6.07) is -0.635. The minimum absolute atomic E-state index is 0.0934. The molecule has 0 saturated carbocycles. The first-order valence-corrected chi connectivity index (χ1v) is 11.2. The van der Waals surface area contributed by atoms with Gasteiger partial charge in [0.2, 0.25) is 5.91 Å². The van der Waals surface area contributed by atoms with Crippen LogP contribution in [0, 0.1) is 0 Å². The summed E-state index contributed by atoms with van der Waals surface area (Å²) in [6.45, 7) is 3.97. The second-order valence-corrected chi connectivity index (χ2v) is 7.34. The average molecular weight is 394 g/mol. The maximum absolute atomic E-state index is 12.0. The van der Waals surface area contributed by atoms with Crippen LogP contribution in [0.15, 0.2) is 36.5 Å². The number of nitrogens with one attached hydrogen (secondary N) is 1. The molecular formula is C24H43NO3. The van der Waals surface area contributed by atoms with Gasteiger partial charge in [-0.1, -0.05) is 81.9 Å². The lowest BCUT2D eigenvalue weighted by Crippen LogP contribution is -2.45. The Bertz CT molecular complexity index is 443. The van der Waals surface area contributed by atoms with Crippen LogP contribution in [0.5, 0.6) is 0 Å². The van der Waals surface area contributed by atoms with Crippen LogP contribution in [0.25, 0.3) is 0 Å². The minimum atomic E-state index is -0.860. The number of allylic oxidation sites excluding steroid dienone is 5. The molecule has 0 aromatic heterocycles. The van der Waals surface area contributed by atoms with E-state index >= 15 is 0 Å². The molecule has 0 radical (unpaired) electrons. The number of carbonyl (C=O) groups is 1. The average Bonchev–Trinajstić information content (AvgIpc) is 2.69. The Morgan fingerprint density at radius 2 is 1.46 bits per heavy atom. The Labute approximate surface area is 172 Å². The molecule has 0 saturated heterocycles. The van der Waals surface area contributed by atoms with Crippen molar-refractivity contribution in [2.24, 2.45) is 0 Å². The van der Waals surface area contributed by atoms with Gasteiger partial charge in [-0.05, 0) is 39.0 Å². The molecule has 0 aromatic rings. The number of hydrogen-bond acceptors (Lipinski definition) is 3. The number of hydrogen-bond donors (Lipinski definition) is 3. The van der Waals surface area contributed by atoms with Gasteiger partial charge in [-0.2, -0.15) is 0 Å². The fourth-order valence-corrected chi connectivity index (χ4v) is 2.92. The van der Waals surface area contributed by atoms with Crippen molar-refractivity contribution in [1.29, 1.82) is 0 Å². The fourth-order valence-electron chi connectivity index (χ4n) is 2.92. The maximum Gasteiger partial charge on any atom is 0.220 e. The van der Waals surface area contributed by atoms with Gasteiger partial charge < -0.3 is 15.5 Å². The predicted molar refractivity (Wildman–Crippen MR) is 119 cm³/mol. The summed E-state index contributed by atoms with van der Waals surface area (Å²) in [6.07, 6.45) is 23.7. The van der Waals surface area contributed by atoms with Gasteiger partial charge in [0, 0.05) is 6.42 Å². The molecule has 0 rings (SSSR count). The van der Waals surface area contributed by atoms with Crippen molar-refractivity contribution in [3.8, 4) is 0 Å². The van der Waals surface area contributed by atoms with E-state index in [9.17, 15) is 15.0 Å². The Balaban J connectivity index is 3.91. The van der Waals surface area contributed by atoms with Crippen molar-refractivity contribution >= 4 is 5.91 Å². The number of aliphatic hydroxyl groups is 2. The lowest BCUT2D eigenvalue weighted by atomic mass is 10.1. The summed E-state index contributed by atoms with van der Waals surface area (Å²) in [5.74, 6) is -0.0934. The predicted octanol–water partition coefficient (Wildman–Crippen LogP) is 5.21. The van der Waals surface area contributed by atoms with Crippen LogP contribution in [0.2, 0.25) is 0 Å². The van der Waals surface area contributed by atoms with E-state index in [4.69, 9.17) is 0 Å². The van der Waals surface area contributed by atoms with Crippen molar-refractivity contribution in [3.05, 3.63) is 36.5 Å². The van der Waals surface area contributed by atoms with Gasteiger partial charge in [0.25, 0.3) is 0 Å². The zero-order chi connectivity index (χ0) is 20.9. The van der Waals surface area contributed by atoms with Gasteiger partial charge in [-0.3, -0.25) is 4.79 Å². The highest BCUT2D eigenvalue weighted by Gasteiger charge is 2.17. The van der Waals surface area contributed by atoms with Gasteiger partial charge in [-0.15, -0.1) is 0 Å². The second-order valence-electron chi connectivity index (χ2n) is 7.34. The highest BCUT2D eigenvalue weighted by atomic mass is 16.3. The molecule has 0 spiro atoms. The van der Waals surface area contributed by atoms with Crippen LogP contribution in [-0.2, 0) is 4.79 Å². The topological polar surface area (TPSA) is 69.6 Å². The van der Waals surface area contributed by atoms with Crippen molar-refractivity contribution in [2.45, 2.75) is 103 Å². The summed E-state index contributed by atoms with van der Waals surface area (Å²) in [5, 5.41) is 22.4. The third-order valence-electron chi connectivity index (χ3n) is 4.70. The van der Waals surface area contributed by atoms with E-state index < -0.39 is 12.1 Å². The molecule has 0 aliphatic carbocycles. The number of unbranched alkanes of at least 4 members (excludes halogenated alkanes) is 8. The van der Waals surface area contributed by atoms with E-state index in [1.165, 1.54) is 32.1 Å². The Morgan fingerprint density at radius 1 is 0.893 bits per heavy atom. The molecule has 3 N–H and O–H groups in total. The van der Waals surface area contributed by atoms with Gasteiger partial charge in [0.05, 0.1) is 18.8 Å². The molecule has 0 aliphatic rings. The summed E-state index contributed by atoms with van der Waals surface area (Å²) < 4.78 is 0. The van der Waals surface area contributed by atoms with Crippen LogP contribution in [0.1, 0.15) is 90.9 Å². The van der Waals surface area contributed by atoms with Gasteiger partial charge >= 0.3 is 0 Å². The molecule has 4 heteroatoms. The molecule has 1 amide bonds. The minimum Gasteiger partial charge on any atom is -0.394 e. The summed E-state index contributed by atoms with van der Waals surface area (Å²) in [7, 11) is 0. The number of amides is 1. The van der Waals surface area contributed by atoms with E-state index in [1.54, 1.807) is 6.08 Å². The molecular weight excluding hydrogens is 350 g/mol. The third kappa shape index (κ3) is 16.8. The van der Waals surface area contributed by atoms with E-state index in [0.717, 1.165) is 38.5 Å². The zero-order valence-electron chi connectivity index (χ0n) is 18.1. The van der Waals surface area contributed by atoms with Crippen molar-refractivity contribution in [1.82, 2.24) is 5.32 Å². The molecule has 2 unspecified atom stereocenters. The van der Waals surface area contributed by atoms with E-state index in [-0.39, 0.29) is 12.5 Å². The molecule has 2 atom stereocenters. The van der Waals surface area contributed by atoms with Crippen LogP contribution in [0.4, 0.5) is 0 Å². The molecule has 162 valence electrons. The van der Waals surface area contributed by atoms with Crippen LogP contribution >= 0.6 is 0 Å². The first kappa shape index (κ1) is 26.6. The molecule has 0 bridgehead atoms. The van der Waals surface area contributed by atoms with E-state index in [0.29, 0.717) is 6.42 Å². The lowest BCUT2D eigenvalue weighted by Gasteiger charge is -2.19. The first-order chi connectivity index (χ1) is 13.7. The lowest BCUT2D eigenvalue weighted by molar-refractivity contribution is -0.123. The quantitative estimate of drug-likeness (QED) is 0.221. The molecule has 28 heavy (non-hydrogen) atoms. The van der Waals surface area contributed by atoms with Gasteiger partial charge in [0.15, 0.2) is 0 Å². The highest BCUT2D eigenvalue weighted by molar-refractivity contribution is 5.76. The number of aliphatic hydroxyl groups excluding tert-OH is 2.